The third-order valence-electron chi connectivity index (χ3n) is 6.46. The van der Waals surface area contributed by atoms with Gasteiger partial charge < -0.3 is 20.7 Å². The van der Waals surface area contributed by atoms with Gasteiger partial charge in [0.05, 0.1) is 6.54 Å². The smallest absolute Gasteiger partial charge is 0.387 e. The van der Waals surface area contributed by atoms with Crippen LogP contribution in [0.15, 0.2) is 59.4 Å². The Labute approximate surface area is 212 Å². The van der Waals surface area contributed by atoms with Gasteiger partial charge in [-0.3, -0.25) is 13.9 Å². The second-order valence-electron chi connectivity index (χ2n) is 9.18. The zero-order valence-corrected chi connectivity index (χ0v) is 20.5. The normalized spacial score (nSPS) is 15.9. The number of imidazole rings is 1. The lowest BCUT2D eigenvalue weighted by atomic mass is 10.1. The molecule has 2 aromatic heterocycles. The second kappa shape index (κ2) is 10.6. The number of alkyl halides is 2. The average Bonchev–Trinajstić information content (AvgIpc) is 3.24. The molecule has 1 saturated heterocycles. The molecule has 37 heavy (non-hydrogen) atoms. The van der Waals surface area contributed by atoms with Crippen LogP contribution in [-0.2, 0) is 20.1 Å². The van der Waals surface area contributed by atoms with Crippen molar-refractivity contribution >= 4 is 23.1 Å². The van der Waals surface area contributed by atoms with Crippen molar-refractivity contribution in [2.45, 2.75) is 38.6 Å². The first-order valence-electron chi connectivity index (χ1n) is 12.2. The number of rotatable bonds is 8. The van der Waals surface area contributed by atoms with Crippen molar-refractivity contribution in [3.05, 3.63) is 76.1 Å². The van der Waals surface area contributed by atoms with Gasteiger partial charge >= 0.3 is 6.61 Å². The van der Waals surface area contributed by atoms with Crippen LogP contribution in [-0.4, -0.2) is 44.8 Å². The largest absolute Gasteiger partial charge is 0.435 e. The van der Waals surface area contributed by atoms with E-state index in [0.717, 1.165) is 24.9 Å². The number of nitrogens with two attached hydrogens (primary N) is 1. The van der Waals surface area contributed by atoms with Crippen molar-refractivity contribution in [3.8, 4) is 5.75 Å². The number of hydrogen-bond acceptors (Lipinski definition) is 7. The van der Waals surface area contributed by atoms with E-state index in [1.54, 1.807) is 23.7 Å². The molecule has 1 fully saturated rings. The van der Waals surface area contributed by atoms with E-state index in [1.165, 1.54) is 16.7 Å². The fraction of sp³-hybridized carbons (Fsp3) is 0.346. The maximum Gasteiger partial charge on any atom is 0.387 e. The van der Waals surface area contributed by atoms with E-state index in [9.17, 15) is 13.6 Å². The van der Waals surface area contributed by atoms with Gasteiger partial charge in [-0.2, -0.15) is 18.7 Å². The highest BCUT2D eigenvalue weighted by atomic mass is 19.3. The molecule has 0 radical (unpaired) electrons. The maximum absolute atomic E-state index is 13.6. The molecule has 1 atom stereocenters. The SMILES string of the molecule is Cn1c(NCc2ccccc2)nc2nc(N3CCCC(N)C3)n(Cc3cccc(OC(F)F)c3)c2c1=O. The molecule has 0 saturated carbocycles. The first-order chi connectivity index (χ1) is 17.9. The number of ether oxygens (including phenoxy) is 1. The van der Waals surface area contributed by atoms with Crippen LogP contribution >= 0.6 is 0 Å². The van der Waals surface area contributed by atoms with Crippen LogP contribution in [0.5, 0.6) is 5.75 Å². The lowest BCUT2D eigenvalue weighted by Gasteiger charge is -2.31. The van der Waals surface area contributed by atoms with E-state index in [0.29, 0.717) is 41.7 Å². The van der Waals surface area contributed by atoms with E-state index < -0.39 is 6.61 Å². The molecular formula is C26H29F2N7O2. The van der Waals surface area contributed by atoms with Crippen molar-refractivity contribution in [1.82, 2.24) is 19.1 Å². The summed E-state index contributed by atoms with van der Waals surface area (Å²) in [6.45, 7) is -0.862. The third-order valence-corrected chi connectivity index (χ3v) is 6.46. The van der Waals surface area contributed by atoms with Gasteiger partial charge in [-0.15, -0.1) is 0 Å². The molecule has 0 bridgehead atoms. The summed E-state index contributed by atoms with van der Waals surface area (Å²) in [5.41, 5.74) is 8.37. The van der Waals surface area contributed by atoms with Crippen molar-refractivity contribution in [2.24, 2.45) is 12.8 Å². The summed E-state index contributed by atoms with van der Waals surface area (Å²) in [6, 6.07) is 16.3. The number of benzene rings is 2. The number of aromatic nitrogens is 4. The lowest BCUT2D eigenvalue weighted by Crippen LogP contribution is -2.44. The fourth-order valence-corrected chi connectivity index (χ4v) is 4.67. The van der Waals surface area contributed by atoms with Crippen LogP contribution in [0.4, 0.5) is 20.7 Å². The van der Waals surface area contributed by atoms with Crippen LogP contribution in [0.25, 0.3) is 11.2 Å². The van der Waals surface area contributed by atoms with Crippen molar-refractivity contribution in [3.63, 3.8) is 0 Å². The number of nitrogens with zero attached hydrogens (tertiary/aromatic N) is 5. The van der Waals surface area contributed by atoms with Crippen LogP contribution in [0.1, 0.15) is 24.0 Å². The molecule has 0 spiro atoms. The van der Waals surface area contributed by atoms with Gasteiger partial charge in [0.2, 0.25) is 11.9 Å². The van der Waals surface area contributed by atoms with Gasteiger partial charge in [0.15, 0.2) is 11.2 Å². The highest BCUT2D eigenvalue weighted by molar-refractivity contribution is 5.76. The molecule has 1 aliphatic heterocycles. The van der Waals surface area contributed by atoms with Gasteiger partial charge in [0, 0.05) is 32.7 Å². The molecular weight excluding hydrogens is 480 g/mol. The van der Waals surface area contributed by atoms with Crippen LogP contribution in [0, 0.1) is 0 Å². The summed E-state index contributed by atoms with van der Waals surface area (Å²) in [4.78, 5) is 25.1. The van der Waals surface area contributed by atoms with Gasteiger partial charge in [0.1, 0.15) is 5.75 Å². The molecule has 9 nitrogen and oxygen atoms in total. The highest BCUT2D eigenvalue weighted by Crippen LogP contribution is 2.26. The number of fused-ring (bicyclic) bond motifs is 1. The number of anilines is 2. The molecule has 0 aliphatic carbocycles. The molecule has 1 unspecified atom stereocenters. The predicted molar refractivity (Wildman–Crippen MR) is 138 cm³/mol. The Bertz CT molecular complexity index is 1440. The Kier molecular flexibility index (Phi) is 7.04. The standard InChI is InChI=1S/C26H29F2N7O2/c1-33-23(36)21-22(31-25(33)30-14-17-7-3-2-4-8-17)32-26(34-12-6-10-19(29)16-34)35(21)15-18-9-5-11-20(13-18)37-24(27)28/h2-5,7-9,11,13,19,24H,6,10,12,14-16,29H2,1H3,(H,30,31). The zero-order chi connectivity index (χ0) is 25.9. The molecule has 5 rings (SSSR count). The number of hydrogen-bond donors (Lipinski definition) is 2. The van der Waals surface area contributed by atoms with Crippen LogP contribution in [0.2, 0.25) is 0 Å². The van der Waals surface area contributed by atoms with Gasteiger partial charge in [-0.25, -0.2) is 0 Å². The van der Waals surface area contributed by atoms with E-state index in [-0.39, 0.29) is 23.9 Å². The van der Waals surface area contributed by atoms with Crippen molar-refractivity contribution in [1.29, 1.82) is 0 Å². The minimum Gasteiger partial charge on any atom is -0.435 e. The Morgan fingerprint density at radius 3 is 2.68 bits per heavy atom. The maximum atomic E-state index is 13.6. The van der Waals surface area contributed by atoms with E-state index in [2.05, 4.69) is 19.9 Å². The predicted octanol–water partition coefficient (Wildman–Crippen LogP) is 3.32. The Hall–Kier alpha value is -3.99. The Morgan fingerprint density at radius 2 is 1.92 bits per heavy atom. The number of nitrogens with one attached hydrogen (secondary N) is 1. The monoisotopic (exact) mass is 509 g/mol. The molecule has 1 aliphatic rings. The summed E-state index contributed by atoms with van der Waals surface area (Å²) in [5, 5.41) is 3.23. The van der Waals surface area contributed by atoms with E-state index in [1.807, 2.05) is 30.3 Å². The first-order valence-corrected chi connectivity index (χ1v) is 12.2. The zero-order valence-electron chi connectivity index (χ0n) is 20.5. The topological polar surface area (TPSA) is 103 Å². The highest BCUT2D eigenvalue weighted by Gasteiger charge is 2.25. The molecule has 0 amide bonds. The lowest BCUT2D eigenvalue weighted by molar-refractivity contribution is -0.0498. The van der Waals surface area contributed by atoms with Gasteiger partial charge in [0.25, 0.3) is 5.56 Å². The molecule has 4 aromatic rings. The van der Waals surface area contributed by atoms with Crippen LogP contribution < -0.4 is 26.2 Å². The Morgan fingerprint density at radius 1 is 1.14 bits per heavy atom. The summed E-state index contributed by atoms with van der Waals surface area (Å²) in [7, 11) is 1.66. The Balaban J connectivity index is 1.56. The summed E-state index contributed by atoms with van der Waals surface area (Å²) in [6.07, 6.45) is 1.81. The van der Waals surface area contributed by atoms with E-state index in [4.69, 9.17) is 10.7 Å². The summed E-state index contributed by atoms with van der Waals surface area (Å²) >= 11 is 0. The minimum absolute atomic E-state index is 0.0105. The van der Waals surface area contributed by atoms with Gasteiger partial charge in [-0.1, -0.05) is 42.5 Å². The molecule has 2 aromatic carbocycles. The van der Waals surface area contributed by atoms with Crippen molar-refractivity contribution < 1.29 is 13.5 Å². The molecule has 11 heteroatoms. The number of halogens is 2. The quantitative estimate of drug-likeness (QED) is 0.376. The van der Waals surface area contributed by atoms with Crippen molar-refractivity contribution in [2.75, 3.05) is 23.3 Å². The van der Waals surface area contributed by atoms with Crippen LogP contribution in [0.3, 0.4) is 0 Å². The minimum atomic E-state index is -2.92. The number of piperidine rings is 1. The molecule has 3 heterocycles. The fourth-order valence-electron chi connectivity index (χ4n) is 4.67. The van der Waals surface area contributed by atoms with Gasteiger partial charge in [-0.05, 0) is 36.1 Å². The van der Waals surface area contributed by atoms with E-state index >= 15 is 0 Å². The first kappa shape index (κ1) is 24.7. The second-order valence-corrected chi connectivity index (χ2v) is 9.18. The average molecular weight is 510 g/mol. The molecule has 3 N–H and O–H groups in total. The third kappa shape index (κ3) is 5.41. The summed E-state index contributed by atoms with van der Waals surface area (Å²) < 4.78 is 33.4. The summed E-state index contributed by atoms with van der Waals surface area (Å²) in [5.74, 6) is 1.03. The molecule has 194 valence electrons.